The molecule has 0 bridgehead atoms. The average Bonchev–Trinajstić information content (AvgIpc) is 2.17. The smallest absolute Gasteiger partial charge is 0.214 e. The van der Waals surface area contributed by atoms with Crippen LogP contribution in [0.4, 0.5) is 10.1 Å². The molecule has 0 aromatic carbocycles. The minimum absolute atomic E-state index is 0.128. The second-order valence-electron chi connectivity index (χ2n) is 3.87. The molecule has 0 aliphatic heterocycles. The van der Waals surface area contributed by atoms with Gasteiger partial charge in [-0.2, -0.15) is 4.39 Å². The van der Waals surface area contributed by atoms with Crippen LogP contribution >= 0.6 is 0 Å². The summed E-state index contributed by atoms with van der Waals surface area (Å²) in [5, 5.41) is 12.1. The van der Waals surface area contributed by atoms with Crippen LogP contribution in [0.5, 0.6) is 0 Å². The first-order valence-electron chi connectivity index (χ1n) is 5.12. The standard InChI is InChI=1S/C11H17FN2O/c1-8(2)10(4-6-15)14-9-3-5-13-11(12)7-9/h3,5,7-8,10,15H,4,6H2,1-2H3,(H,13,14). The van der Waals surface area contributed by atoms with E-state index in [1.54, 1.807) is 6.07 Å². The fourth-order valence-corrected chi connectivity index (χ4v) is 1.42. The number of nitrogens with one attached hydrogen (secondary N) is 1. The van der Waals surface area contributed by atoms with Gasteiger partial charge in [-0.05, 0) is 18.4 Å². The van der Waals surface area contributed by atoms with Crippen molar-refractivity contribution in [2.75, 3.05) is 11.9 Å². The highest BCUT2D eigenvalue weighted by atomic mass is 19.1. The monoisotopic (exact) mass is 212 g/mol. The van der Waals surface area contributed by atoms with Crippen LogP contribution in [0.25, 0.3) is 0 Å². The highest BCUT2D eigenvalue weighted by molar-refractivity contribution is 5.42. The van der Waals surface area contributed by atoms with E-state index in [1.165, 1.54) is 12.3 Å². The van der Waals surface area contributed by atoms with Gasteiger partial charge < -0.3 is 10.4 Å². The van der Waals surface area contributed by atoms with Crippen molar-refractivity contribution in [2.45, 2.75) is 26.3 Å². The summed E-state index contributed by atoms with van der Waals surface area (Å²) in [6, 6.07) is 3.22. The van der Waals surface area contributed by atoms with Crippen molar-refractivity contribution in [3.05, 3.63) is 24.3 Å². The molecule has 0 radical (unpaired) electrons. The van der Waals surface area contributed by atoms with Crippen LogP contribution in [0.3, 0.4) is 0 Å². The van der Waals surface area contributed by atoms with E-state index >= 15 is 0 Å². The molecule has 3 nitrogen and oxygen atoms in total. The molecule has 4 heteroatoms. The lowest BCUT2D eigenvalue weighted by molar-refractivity contribution is 0.267. The molecule has 0 saturated heterocycles. The minimum atomic E-state index is -0.494. The number of hydrogen-bond donors (Lipinski definition) is 2. The van der Waals surface area contributed by atoms with E-state index in [0.717, 1.165) is 0 Å². The van der Waals surface area contributed by atoms with Crippen molar-refractivity contribution in [3.63, 3.8) is 0 Å². The zero-order chi connectivity index (χ0) is 11.3. The van der Waals surface area contributed by atoms with Crippen LogP contribution < -0.4 is 5.32 Å². The lowest BCUT2D eigenvalue weighted by Crippen LogP contribution is -2.26. The summed E-state index contributed by atoms with van der Waals surface area (Å²) >= 11 is 0. The van der Waals surface area contributed by atoms with Gasteiger partial charge in [-0.1, -0.05) is 13.8 Å². The Labute approximate surface area is 89.4 Å². The van der Waals surface area contributed by atoms with Gasteiger partial charge in [0.15, 0.2) is 0 Å². The normalized spacial score (nSPS) is 12.9. The number of anilines is 1. The van der Waals surface area contributed by atoms with E-state index < -0.39 is 5.95 Å². The summed E-state index contributed by atoms with van der Waals surface area (Å²) in [5.41, 5.74) is 0.703. The number of hydrogen-bond acceptors (Lipinski definition) is 3. The van der Waals surface area contributed by atoms with Gasteiger partial charge >= 0.3 is 0 Å². The molecular formula is C11H17FN2O. The highest BCUT2D eigenvalue weighted by Gasteiger charge is 2.12. The zero-order valence-corrected chi connectivity index (χ0v) is 9.07. The first kappa shape index (κ1) is 11.9. The Morgan fingerprint density at radius 3 is 2.80 bits per heavy atom. The summed E-state index contributed by atoms with van der Waals surface area (Å²) in [4.78, 5) is 3.48. The van der Waals surface area contributed by atoms with Crippen molar-refractivity contribution in [1.82, 2.24) is 4.98 Å². The van der Waals surface area contributed by atoms with Gasteiger partial charge in [0.2, 0.25) is 5.95 Å². The molecule has 1 rings (SSSR count). The maximum absolute atomic E-state index is 12.8. The lowest BCUT2D eigenvalue weighted by atomic mass is 10.0. The Morgan fingerprint density at radius 2 is 2.27 bits per heavy atom. The summed E-state index contributed by atoms with van der Waals surface area (Å²) < 4.78 is 12.8. The van der Waals surface area contributed by atoms with E-state index in [-0.39, 0.29) is 12.6 Å². The third-order valence-corrected chi connectivity index (χ3v) is 2.32. The minimum Gasteiger partial charge on any atom is -0.396 e. The van der Waals surface area contributed by atoms with Gasteiger partial charge in [-0.15, -0.1) is 0 Å². The van der Waals surface area contributed by atoms with Gasteiger partial charge in [-0.3, -0.25) is 0 Å². The zero-order valence-electron chi connectivity index (χ0n) is 9.07. The Morgan fingerprint density at radius 1 is 1.53 bits per heavy atom. The third-order valence-electron chi connectivity index (χ3n) is 2.32. The van der Waals surface area contributed by atoms with Crippen LogP contribution in [0.15, 0.2) is 18.3 Å². The number of rotatable bonds is 5. The predicted molar refractivity (Wildman–Crippen MR) is 58.1 cm³/mol. The van der Waals surface area contributed by atoms with Gasteiger partial charge in [-0.25, -0.2) is 4.98 Å². The van der Waals surface area contributed by atoms with E-state index in [2.05, 4.69) is 24.1 Å². The Balaban J connectivity index is 2.65. The first-order valence-corrected chi connectivity index (χ1v) is 5.12. The molecular weight excluding hydrogens is 195 g/mol. The molecule has 0 aliphatic rings. The van der Waals surface area contributed by atoms with Crippen molar-refractivity contribution in [1.29, 1.82) is 0 Å². The largest absolute Gasteiger partial charge is 0.396 e. The molecule has 84 valence electrons. The van der Waals surface area contributed by atoms with Gasteiger partial charge in [0.1, 0.15) is 0 Å². The predicted octanol–water partition coefficient (Wildman–Crippen LogP) is 2.04. The Hall–Kier alpha value is -1.16. The summed E-state index contributed by atoms with van der Waals surface area (Å²) in [5.74, 6) is -0.111. The van der Waals surface area contributed by atoms with E-state index in [0.29, 0.717) is 18.0 Å². The second kappa shape index (κ2) is 5.66. The maximum Gasteiger partial charge on any atom is 0.214 e. The number of aliphatic hydroxyl groups excluding tert-OH is 1. The van der Waals surface area contributed by atoms with Crippen LogP contribution in [-0.4, -0.2) is 22.7 Å². The molecule has 2 N–H and O–H groups in total. The topological polar surface area (TPSA) is 45.1 Å². The fraction of sp³-hybridized carbons (Fsp3) is 0.545. The molecule has 1 unspecified atom stereocenters. The van der Waals surface area contributed by atoms with E-state index in [4.69, 9.17) is 5.11 Å². The molecule has 1 aromatic heterocycles. The SMILES string of the molecule is CC(C)C(CCO)Nc1ccnc(F)c1. The number of pyridine rings is 1. The maximum atomic E-state index is 12.8. The number of nitrogens with zero attached hydrogens (tertiary/aromatic N) is 1. The van der Waals surface area contributed by atoms with Gasteiger partial charge in [0, 0.05) is 30.6 Å². The molecule has 0 amide bonds. The number of aliphatic hydroxyl groups is 1. The second-order valence-corrected chi connectivity index (χ2v) is 3.87. The average molecular weight is 212 g/mol. The molecule has 0 spiro atoms. The Kier molecular flexibility index (Phi) is 4.49. The van der Waals surface area contributed by atoms with Gasteiger partial charge in [0.25, 0.3) is 0 Å². The quantitative estimate of drug-likeness (QED) is 0.734. The van der Waals surface area contributed by atoms with Gasteiger partial charge in [0.05, 0.1) is 0 Å². The molecule has 1 heterocycles. The fourth-order valence-electron chi connectivity index (χ4n) is 1.42. The molecule has 1 aromatic rings. The molecule has 15 heavy (non-hydrogen) atoms. The first-order chi connectivity index (χ1) is 7.13. The van der Waals surface area contributed by atoms with Crippen molar-refractivity contribution in [3.8, 4) is 0 Å². The molecule has 0 fully saturated rings. The highest BCUT2D eigenvalue weighted by Crippen LogP contribution is 2.14. The number of halogens is 1. The summed E-state index contributed by atoms with van der Waals surface area (Å²) in [7, 11) is 0. The third kappa shape index (κ3) is 3.83. The summed E-state index contributed by atoms with van der Waals surface area (Å²) in [6.45, 7) is 4.25. The van der Waals surface area contributed by atoms with Crippen molar-refractivity contribution in [2.24, 2.45) is 5.92 Å². The van der Waals surface area contributed by atoms with E-state index in [1.807, 2.05) is 0 Å². The lowest BCUT2D eigenvalue weighted by Gasteiger charge is -2.22. The van der Waals surface area contributed by atoms with Crippen molar-refractivity contribution < 1.29 is 9.50 Å². The number of aromatic nitrogens is 1. The van der Waals surface area contributed by atoms with E-state index in [9.17, 15) is 4.39 Å². The van der Waals surface area contributed by atoms with Crippen LogP contribution in [0.1, 0.15) is 20.3 Å². The Bertz CT molecular complexity index is 304. The molecule has 0 aliphatic carbocycles. The van der Waals surface area contributed by atoms with Crippen molar-refractivity contribution >= 4 is 5.69 Å². The molecule has 1 atom stereocenters. The van der Waals surface area contributed by atoms with Crippen LogP contribution in [0, 0.1) is 11.9 Å². The molecule has 0 saturated carbocycles. The van der Waals surface area contributed by atoms with Crippen LogP contribution in [-0.2, 0) is 0 Å². The van der Waals surface area contributed by atoms with Crippen LogP contribution in [0.2, 0.25) is 0 Å². The summed E-state index contributed by atoms with van der Waals surface area (Å²) in [6.07, 6.45) is 2.08.